The second-order valence-corrected chi connectivity index (χ2v) is 6.72. The normalized spacial score (nSPS) is 17.2. The van der Waals surface area contributed by atoms with Crippen LogP contribution < -0.4 is 0 Å². The summed E-state index contributed by atoms with van der Waals surface area (Å²) in [6, 6.07) is 14.0. The SMILES string of the molecule is CC(C(=O)O)N1CCC(OCc2ccccc2-c2ccc(F)cc2)CC1. The molecule has 26 heavy (non-hydrogen) atoms. The predicted octanol–water partition coefficient (Wildman–Crippen LogP) is 3.95. The Hall–Kier alpha value is -2.24. The van der Waals surface area contributed by atoms with Crippen molar-refractivity contribution in [3.05, 3.63) is 59.9 Å². The second-order valence-electron chi connectivity index (χ2n) is 6.72. The average molecular weight is 357 g/mol. The van der Waals surface area contributed by atoms with E-state index in [1.54, 1.807) is 19.1 Å². The van der Waals surface area contributed by atoms with Gasteiger partial charge in [0.2, 0.25) is 0 Å². The zero-order chi connectivity index (χ0) is 18.5. The fourth-order valence-electron chi connectivity index (χ4n) is 3.35. The Morgan fingerprint density at radius 1 is 1.19 bits per heavy atom. The summed E-state index contributed by atoms with van der Waals surface area (Å²) in [4.78, 5) is 13.1. The van der Waals surface area contributed by atoms with Crippen LogP contribution in [0.5, 0.6) is 0 Å². The van der Waals surface area contributed by atoms with Crippen LogP contribution in [0.4, 0.5) is 4.39 Å². The third kappa shape index (κ3) is 4.48. The van der Waals surface area contributed by atoms with Crippen LogP contribution in [-0.2, 0) is 16.1 Å². The van der Waals surface area contributed by atoms with Gasteiger partial charge in [-0.3, -0.25) is 9.69 Å². The Labute approximate surface area is 153 Å². The third-order valence-corrected chi connectivity index (χ3v) is 5.03. The van der Waals surface area contributed by atoms with Gasteiger partial charge in [-0.2, -0.15) is 0 Å². The van der Waals surface area contributed by atoms with Crippen molar-refractivity contribution in [2.24, 2.45) is 0 Å². The fourth-order valence-corrected chi connectivity index (χ4v) is 3.35. The number of halogens is 1. The minimum atomic E-state index is -0.780. The van der Waals surface area contributed by atoms with E-state index in [1.165, 1.54) is 12.1 Å². The molecule has 1 N–H and O–H groups in total. The minimum Gasteiger partial charge on any atom is -0.480 e. The van der Waals surface area contributed by atoms with E-state index >= 15 is 0 Å². The molecule has 0 amide bonds. The molecule has 0 radical (unpaired) electrons. The highest BCUT2D eigenvalue weighted by Crippen LogP contribution is 2.26. The predicted molar refractivity (Wildman–Crippen MR) is 98.3 cm³/mol. The van der Waals surface area contributed by atoms with Crippen molar-refractivity contribution in [3.63, 3.8) is 0 Å². The number of carbonyl (C=O) groups is 1. The third-order valence-electron chi connectivity index (χ3n) is 5.03. The van der Waals surface area contributed by atoms with Crippen molar-refractivity contribution in [1.29, 1.82) is 0 Å². The number of ether oxygens (including phenoxy) is 1. The molecular weight excluding hydrogens is 333 g/mol. The van der Waals surface area contributed by atoms with Gasteiger partial charge in [0.15, 0.2) is 0 Å². The van der Waals surface area contributed by atoms with Crippen LogP contribution in [-0.4, -0.2) is 41.2 Å². The highest BCUT2D eigenvalue weighted by atomic mass is 19.1. The molecule has 4 nitrogen and oxygen atoms in total. The van der Waals surface area contributed by atoms with Gasteiger partial charge in [0.25, 0.3) is 0 Å². The van der Waals surface area contributed by atoms with E-state index in [0.717, 1.165) is 42.6 Å². The molecule has 1 unspecified atom stereocenters. The first-order chi connectivity index (χ1) is 12.5. The van der Waals surface area contributed by atoms with E-state index in [9.17, 15) is 9.18 Å². The van der Waals surface area contributed by atoms with Gasteiger partial charge in [0.05, 0.1) is 12.7 Å². The van der Waals surface area contributed by atoms with E-state index in [1.807, 2.05) is 29.2 Å². The summed E-state index contributed by atoms with van der Waals surface area (Å²) in [6.07, 6.45) is 1.79. The lowest BCUT2D eigenvalue weighted by molar-refractivity contribution is -0.143. The molecule has 0 bridgehead atoms. The molecule has 1 aliphatic rings. The van der Waals surface area contributed by atoms with Gasteiger partial charge in [0, 0.05) is 13.1 Å². The van der Waals surface area contributed by atoms with Gasteiger partial charge >= 0.3 is 5.97 Å². The number of hydrogen-bond donors (Lipinski definition) is 1. The Balaban J connectivity index is 1.59. The molecule has 2 aromatic rings. The summed E-state index contributed by atoms with van der Waals surface area (Å²) in [5, 5.41) is 9.11. The molecular formula is C21H24FNO3. The molecule has 1 fully saturated rings. The van der Waals surface area contributed by atoms with E-state index in [4.69, 9.17) is 9.84 Å². The maximum Gasteiger partial charge on any atom is 0.320 e. The maximum absolute atomic E-state index is 13.2. The number of nitrogens with zero attached hydrogens (tertiary/aromatic N) is 1. The summed E-state index contributed by atoms with van der Waals surface area (Å²) in [7, 11) is 0. The molecule has 1 aliphatic heterocycles. The Kier molecular flexibility index (Phi) is 6.01. The summed E-state index contributed by atoms with van der Waals surface area (Å²) >= 11 is 0. The van der Waals surface area contributed by atoms with Gasteiger partial charge in [-0.05, 0) is 48.6 Å². The lowest BCUT2D eigenvalue weighted by atomic mass is 10.00. The number of piperidine rings is 1. The standard InChI is InChI=1S/C21H24FNO3/c1-15(21(24)25)23-12-10-19(11-13-23)26-14-17-4-2-3-5-20(17)16-6-8-18(22)9-7-16/h2-9,15,19H,10-14H2,1H3,(H,24,25). The first-order valence-corrected chi connectivity index (χ1v) is 8.97. The zero-order valence-electron chi connectivity index (χ0n) is 14.9. The van der Waals surface area contributed by atoms with E-state index < -0.39 is 12.0 Å². The van der Waals surface area contributed by atoms with E-state index in [-0.39, 0.29) is 11.9 Å². The number of rotatable bonds is 6. The topological polar surface area (TPSA) is 49.8 Å². The lowest BCUT2D eigenvalue weighted by Crippen LogP contribution is -2.45. The van der Waals surface area contributed by atoms with Gasteiger partial charge in [-0.1, -0.05) is 36.4 Å². The first-order valence-electron chi connectivity index (χ1n) is 8.97. The molecule has 138 valence electrons. The van der Waals surface area contributed by atoms with Crippen molar-refractivity contribution in [1.82, 2.24) is 4.90 Å². The monoisotopic (exact) mass is 357 g/mol. The van der Waals surface area contributed by atoms with Crippen molar-refractivity contribution < 1.29 is 19.0 Å². The highest BCUT2D eigenvalue weighted by molar-refractivity contribution is 5.72. The fraction of sp³-hybridized carbons (Fsp3) is 0.381. The Morgan fingerprint density at radius 2 is 1.85 bits per heavy atom. The molecule has 3 rings (SSSR count). The average Bonchev–Trinajstić information content (AvgIpc) is 2.67. The molecule has 0 aromatic heterocycles. The van der Waals surface area contributed by atoms with Crippen LogP contribution in [0, 0.1) is 5.82 Å². The van der Waals surface area contributed by atoms with Crippen LogP contribution in [0.1, 0.15) is 25.3 Å². The van der Waals surface area contributed by atoms with Gasteiger partial charge in [-0.25, -0.2) is 4.39 Å². The summed E-state index contributed by atoms with van der Waals surface area (Å²) in [6.45, 7) is 3.69. The van der Waals surface area contributed by atoms with Gasteiger partial charge in [-0.15, -0.1) is 0 Å². The van der Waals surface area contributed by atoms with Crippen LogP contribution in [0.25, 0.3) is 11.1 Å². The van der Waals surface area contributed by atoms with Gasteiger partial charge in [0.1, 0.15) is 11.9 Å². The largest absolute Gasteiger partial charge is 0.480 e. The molecule has 0 aliphatic carbocycles. The zero-order valence-corrected chi connectivity index (χ0v) is 14.9. The molecule has 0 saturated carbocycles. The smallest absolute Gasteiger partial charge is 0.320 e. The molecule has 1 heterocycles. The van der Waals surface area contributed by atoms with Crippen molar-refractivity contribution in [2.75, 3.05) is 13.1 Å². The lowest BCUT2D eigenvalue weighted by Gasteiger charge is -2.34. The van der Waals surface area contributed by atoms with Crippen molar-refractivity contribution in [3.8, 4) is 11.1 Å². The van der Waals surface area contributed by atoms with Gasteiger partial charge < -0.3 is 9.84 Å². The number of aliphatic carboxylic acids is 1. The molecule has 2 aromatic carbocycles. The summed E-state index contributed by atoms with van der Waals surface area (Å²) in [5.41, 5.74) is 3.08. The first kappa shape index (κ1) is 18.5. The van der Waals surface area contributed by atoms with Crippen LogP contribution >= 0.6 is 0 Å². The quantitative estimate of drug-likeness (QED) is 0.851. The molecule has 1 saturated heterocycles. The van der Waals surface area contributed by atoms with E-state index in [2.05, 4.69) is 0 Å². The van der Waals surface area contributed by atoms with Crippen LogP contribution in [0.15, 0.2) is 48.5 Å². The molecule has 1 atom stereocenters. The Morgan fingerprint density at radius 3 is 2.50 bits per heavy atom. The molecule has 0 spiro atoms. The highest BCUT2D eigenvalue weighted by Gasteiger charge is 2.26. The minimum absolute atomic E-state index is 0.133. The number of benzene rings is 2. The summed E-state index contributed by atoms with van der Waals surface area (Å²) in [5.74, 6) is -1.03. The number of hydrogen-bond acceptors (Lipinski definition) is 3. The Bertz CT molecular complexity index is 739. The number of carboxylic acid groups (broad SMARTS) is 1. The van der Waals surface area contributed by atoms with Crippen LogP contribution in [0.3, 0.4) is 0 Å². The number of likely N-dealkylation sites (tertiary alicyclic amines) is 1. The van der Waals surface area contributed by atoms with Crippen LogP contribution in [0.2, 0.25) is 0 Å². The van der Waals surface area contributed by atoms with Crippen molar-refractivity contribution >= 4 is 5.97 Å². The summed E-state index contributed by atoms with van der Waals surface area (Å²) < 4.78 is 19.3. The molecule has 5 heteroatoms. The maximum atomic E-state index is 13.2. The van der Waals surface area contributed by atoms with Crippen molar-refractivity contribution in [2.45, 2.75) is 38.5 Å². The number of carboxylic acids is 1. The second kappa shape index (κ2) is 8.43. The van der Waals surface area contributed by atoms with E-state index in [0.29, 0.717) is 6.61 Å².